The highest BCUT2D eigenvalue weighted by atomic mass is 19.1. The second-order valence-electron chi connectivity index (χ2n) is 4.46. The van der Waals surface area contributed by atoms with Crippen LogP contribution in [0.4, 0.5) is 13.2 Å². The van der Waals surface area contributed by atoms with E-state index in [9.17, 15) is 13.2 Å². The van der Waals surface area contributed by atoms with Crippen LogP contribution in [0.3, 0.4) is 0 Å². The maximum absolute atomic E-state index is 13.9. The molecule has 2 rings (SSSR count). The zero-order chi connectivity index (χ0) is 14.5. The minimum absolute atomic E-state index is 0.117. The first-order valence-electron chi connectivity index (χ1n) is 6.41. The summed E-state index contributed by atoms with van der Waals surface area (Å²) in [5, 5.41) is 3.02. The van der Waals surface area contributed by atoms with Crippen molar-refractivity contribution in [1.82, 2.24) is 10.3 Å². The Hall–Kier alpha value is -1.88. The topological polar surface area (TPSA) is 24.9 Å². The zero-order valence-corrected chi connectivity index (χ0v) is 11.0. The molecule has 0 aliphatic carbocycles. The molecule has 0 saturated carbocycles. The Kier molecular flexibility index (Phi) is 4.74. The fourth-order valence-corrected chi connectivity index (χ4v) is 2.05. The van der Waals surface area contributed by atoms with Crippen molar-refractivity contribution in [2.75, 3.05) is 6.54 Å². The molecule has 1 aromatic carbocycles. The third-order valence-corrected chi connectivity index (χ3v) is 2.95. The highest BCUT2D eigenvalue weighted by molar-refractivity contribution is 5.32. The Morgan fingerprint density at radius 3 is 2.45 bits per heavy atom. The smallest absolute Gasteiger partial charge is 0.141 e. The van der Waals surface area contributed by atoms with Crippen LogP contribution in [0, 0.1) is 17.5 Å². The maximum Gasteiger partial charge on any atom is 0.141 e. The normalized spacial score (nSPS) is 12.4. The molecule has 5 heteroatoms. The summed E-state index contributed by atoms with van der Waals surface area (Å²) in [5.74, 6) is -1.87. The van der Waals surface area contributed by atoms with Gasteiger partial charge < -0.3 is 5.32 Å². The van der Waals surface area contributed by atoms with Gasteiger partial charge in [0.15, 0.2) is 0 Å². The first-order valence-corrected chi connectivity index (χ1v) is 6.41. The summed E-state index contributed by atoms with van der Waals surface area (Å²) in [6.45, 7) is 2.49. The molecule has 106 valence electrons. The highest BCUT2D eigenvalue weighted by Crippen LogP contribution is 2.26. The van der Waals surface area contributed by atoms with Crippen LogP contribution in [-0.2, 0) is 0 Å². The molecule has 1 unspecified atom stereocenters. The summed E-state index contributed by atoms with van der Waals surface area (Å²) in [4.78, 5) is 3.74. The quantitative estimate of drug-likeness (QED) is 0.905. The van der Waals surface area contributed by atoms with E-state index < -0.39 is 23.5 Å². The molecule has 1 atom stereocenters. The fraction of sp³-hybridized carbons (Fsp3) is 0.267. The Labute approximate surface area is 115 Å². The van der Waals surface area contributed by atoms with Gasteiger partial charge in [-0.2, -0.15) is 0 Å². The first-order chi connectivity index (χ1) is 9.63. The van der Waals surface area contributed by atoms with Crippen LogP contribution in [0.1, 0.15) is 30.5 Å². The predicted molar refractivity (Wildman–Crippen MR) is 70.7 cm³/mol. The van der Waals surface area contributed by atoms with Gasteiger partial charge in [-0.05, 0) is 36.7 Å². The molecule has 0 bridgehead atoms. The molecular formula is C15H15F3N2. The van der Waals surface area contributed by atoms with E-state index in [4.69, 9.17) is 0 Å². The summed E-state index contributed by atoms with van der Waals surface area (Å²) in [7, 11) is 0. The van der Waals surface area contributed by atoms with Crippen LogP contribution >= 0.6 is 0 Å². The van der Waals surface area contributed by atoms with E-state index in [2.05, 4.69) is 10.3 Å². The lowest BCUT2D eigenvalue weighted by Crippen LogP contribution is -2.25. The molecule has 0 radical (unpaired) electrons. The van der Waals surface area contributed by atoms with Crippen molar-refractivity contribution in [1.29, 1.82) is 0 Å². The van der Waals surface area contributed by atoms with Gasteiger partial charge in [-0.1, -0.05) is 13.0 Å². The van der Waals surface area contributed by atoms with Gasteiger partial charge in [-0.15, -0.1) is 0 Å². The van der Waals surface area contributed by atoms with E-state index in [0.717, 1.165) is 12.6 Å². The number of aromatic nitrogens is 1. The van der Waals surface area contributed by atoms with Crippen molar-refractivity contribution in [2.45, 2.75) is 19.4 Å². The molecule has 0 fully saturated rings. The molecule has 2 nitrogen and oxygen atoms in total. The summed E-state index contributed by atoms with van der Waals surface area (Å²) in [6, 6.07) is 4.14. The second-order valence-corrected chi connectivity index (χ2v) is 4.46. The lowest BCUT2D eigenvalue weighted by atomic mass is 9.98. The average Bonchev–Trinajstić information content (AvgIpc) is 2.42. The Bertz CT molecular complexity index is 567. The molecule has 1 aromatic heterocycles. The van der Waals surface area contributed by atoms with Crippen LogP contribution in [-0.4, -0.2) is 11.5 Å². The van der Waals surface area contributed by atoms with E-state index >= 15 is 0 Å². The fourth-order valence-electron chi connectivity index (χ4n) is 2.05. The number of halogens is 3. The van der Waals surface area contributed by atoms with Crippen LogP contribution in [0.25, 0.3) is 0 Å². The zero-order valence-electron chi connectivity index (χ0n) is 11.0. The van der Waals surface area contributed by atoms with Crippen molar-refractivity contribution in [2.24, 2.45) is 0 Å². The minimum Gasteiger partial charge on any atom is -0.306 e. The SMILES string of the molecule is CCCNC(c1cncc(F)c1)c1c(F)cccc1F. The van der Waals surface area contributed by atoms with Gasteiger partial charge >= 0.3 is 0 Å². The first kappa shape index (κ1) is 14.5. The van der Waals surface area contributed by atoms with Gasteiger partial charge in [-0.3, -0.25) is 4.98 Å². The molecule has 0 spiro atoms. The third kappa shape index (κ3) is 3.17. The average molecular weight is 280 g/mol. The van der Waals surface area contributed by atoms with Gasteiger partial charge in [0.1, 0.15) is 17.5 Å². The van der Waals surface area contributed by atoms with Crippen molar-refractivity contribution >= 4 is 0 Å². The molecule has 0 saturated heterocycles. The number of nitrogens with zero attached hydrogens (tertiary/aromatic N) is 1. The molecule has 0 aliphatic heterocycles. The monoisotopic (exact) mass is 280 g/mol. The van der Waals surface area contributed by atoms with Crippen LogP contribution in [0.2, 0.25) is 0 Å². The Morgan fingerprint density at radius 1 is 1.15 bits per heavy atom. The van der Waals surface area contributed by atoms with Crippen molar-refractivity contribution < 1.29 is 13.2 Å². The number of benzene rings is 1. The molecule has 0 aliphatic rings. The molecule has 2 aromatic rings. The number of nitrogens with one attached hydrogen (secondary N) is 1. The van der Waals surface area contributed by atoms with Gasteiger partial charge in [-0.25, -0.2) is 13.2 Å². The van der Waals surface area contributed by atoms with E-state index in [1.807, 2.05) is 6.92 Å². The number of hydrogen-bond donors (Lipinski definition) is 1. The van der Waals surface area contributed by atoms with Gasteiger partial charge in [0, 0.05) is 11.8 Å². The number of rotatable bonds is 5. The van der Waals surface area contributed by atoms with Crippen molar-refractivity contribution in [3.63, 3.8) is 0 Å². The molecule has 0 amide bonds. The van der Waals surface area contributed by atoms with Gasteiger partial charge in [0.25, 0.3) is 0 Å². The summed E-state index contributed by atoms with van der Waals surface area (Å²) < 4.78 is 41.1. The summed E-state index contributed by atoms with van der Waals surface area (Å²) >= 11 is 0. The summed E-state index contributed by atoms with van der Waals surface area (Å²) in [5.41, 5.74) is 0.274. The predicted octanol–water partition coefficient (Wildman–Crippen LogP) is 3.59. The van der Waals surface area contributed by atoms with Crippen molar-refractivity contribution in [3.05, 3.63) is 65.2 Å². The lowest BCUT2D eigenvalue weighted by molar-refractivity contribution is 0.500. The second kappa shape index (κ2) is 6.52. The molecular weight excluding hydrogens is 265 g/mol. The maximum atomic E-state index is 13.9. The van der Waals surface area contributed by atoms with E-state index in [0.29, 0.717) is 12.1 Å². The lowest BCUT2D eigenvalue weighted by Gasteiger charge is -2.20. The van der Waals surface area contributed by atoms with E-state index in [1.165, 1.54) is 30.5 Å². The number of pyridine rings is 1. The largest absolute Gasteiger partial charge is 0.306 e. The Balaban J connectivity index is 2.47. The highest BCUT2D eigenvalue weighted by Gasteiger charge is 2.21. The minimum atomic E-state index is -0.764. The van der Waals surface area contributed by atoms with Gasteiger partial charge in [0.05, 0.1) is 12.2 Å². The van der Waals surface area contributed by atoms with E-state index in [-0.39, 0.29) is 5.56 Å². The van der Waals surface area contributed by atoms with E-state index in [1.54, 1.807) is 0 Å². The number of hydrogen-bond acceptors (Lipinski definition) is 2. The third-order valence-electron chi connectivity index (χ3n) is 2.95. The Morgan fingerprint density at radius 2 is 1.85 bits per heavy atom. The van der Waals surface area contributed by atoms with Gasteiger partial charge in [0.2, 0.25) is 0 Å². The summed E-state index contributed by atoms with van der Waals surface area (Å²) in [6.07, 6.45) is 3.25. The van der Waals surface area contributed by atoms with Crippen LogP contribution < -0.4 is 5.32 Å². The molecule has 1 heterocycles. The molecule has 20 heavy (non-hydrogen) atoms. The standard InChI is InChI=1S/C15H15F3N2/c1-2-6-20-15(10-7-11(16)9-19-8-10)14-12(17)4-3-5-13(14)18/h3-5,7-9,15,20H,2,6H2,1H3. The molecule has 1 N–H and O–H groups in total. The van der Waals surface area contributed by atoms with Crippen LogP contribution in [0.15, 0.2) is 36.7 Å². The van der Waals surface area contributed by atoms with Crippen molar-refractivity contribution in [3.8, 4) is 0 Å². The van der Waals surface area contributed by atoms with Crippen LogP contribution in [0.5, 0.6) is 0 Å².